The van der Waals surface area contributed by atoms with Gasteiger partial charge in [-0.1, -0.05) is 12.2 Å². The van der Waals surface area contributed by atoms with E-state index in [1.807, 2.05) is 0 Å². The molecule has 1 heterocycles. The predicted molar refractivity (Wildman–Crippen MR) is 36.2 cm³/mol. The molecular weight excluding hydrogens is 114 g/mol. The second kappa shape index (κ2) is 2.31. The zero-order valence-corrected chi connectivity index (χ0v) is 5.61. The van der Waals surface area contributed by atoms with Gasteiger partial charge in [0.25, 0.3) is 0 Å². The van der Waals surface area contributed by atoms with Crippen LogP contribution in [0, 0.1) is 0 Å². The summed E-state index contributed by atoms with van der Waals surface area (Å²) in [5, 5.41) is 3.06. The lowest BCUT2D eigenvalue weighted by atomic mass is 10.1. The molecule has 0 spiro atoms. The molecule has 0 aliphatic carbocycles. The lowest BCUT2D eigenvalue weighted by Crippen LogP contribution is -2.28. The van der Waals surface area contributed by atoms with Gasteiger partial charge in [0.2, 0.25) is 0 Å². The molecule has 2 nitrogen and oxygen atoms in total. The Morgan fingerprint density at radius 2 is 2.56 bits per heavy atom. The molecule has 1 N–H and O–H groups in total. The van der Waals surface area contributed by atoms with E-state index in [0.717, 1.165) is 18.5 Å². The molecule has 0 unspecified atom stereocenters. The van der Waals surface area contributed by atoms with Crippen LogP contribution in [-0.4, -0.2) is 18.4 Å². The summed E-state index contributed by atoms with van der Waals surface area (Å²) < 4.78 is 0. The van der Waals surface area contributed by atoms with E-state index in [2.05, 4.69) is 11.9 Å². The maximum Gasteiger partial charge on any atom is 0.147 e. The highest BCUT2D eigenvalue weighted by Gasteiger charge is 2.20. The molecule has 2 heteroatoms. The molecule has 1 atom stereocenters. The Balaban J connectivity index is 2.48. The zero-order valence-electron chi connectivity index (χ0n) is 5.61. The van der Waals surface area contributed by atoms with Gasteiger partial charge < -0.3 is 5.32 Å². The highest BCUT2D eigenvalue weighted by molar-refractivity contribution is 5.82. The molecule has 1 aliphatic rings. The number of ketones is 1. The second-order valence-corrected chi connectivity index (χ2v) is 2.50. The number of Topliss-reactive ketones (excluding diaryl/α,β-unsaturated/α-hetero) is 1. The quantitative estimate of drug-likeness (QED) is 0.517. The van der Waals surface area contributed by atoms with E-state index in [0.29, 0.717) is 0 Å². The predicted octanol–water partition coefficient (Wildman–Crippen LogP) is 0.493. The summed E-state index contributed by atoms with van der Waals surface area (Å²) in [5.41, 5.74) is 1.13. The van der Waals surface area contributed by atoms with Crippen molar-refractivity contribution < 1.29 is 4.79 Å². The number of rotatable bonds is 1. The summed E-state index contributed by atoms with van der Waals surface area (Å²) in [6.07, 6.45) is 0.829. The minimum atomic E-state index is 0.0532. The van der Waals surface area contributed by atoms with Gasteiger partial charge in [-0.3, -0.25) is 4.79 Å². The topological polar surface area (TPSA) is 29.1 Å². The van der Waals surface area contributed by atoms with Gasteiger partial charge in [-0.2, -0.15) is 0 Å². The SMILES string of the molecule is C=C1CN[C@H](C(C)=O)C1. The smallest absolute Gasteiger partial charge is 0.147 e. The largest absolute Gasteiger partial charge is 0.303 e. The first-order chi connectivity index (χ1) is 4.20. The van der Waals surface area contributed by atoms with Crippen molar-refractivity contribution in [3.8, 4) is 0 Å². The van der Waals surface area contributed by atoms with Crippen molar-refractivity contribution in [1.82, 2.24) is 5.32 Å². The standard InChI is InChI=1S/C7H11NO/c1-5-3-7(6(2)9)8-4-5/h7-8H,1,3-4H2,2H3/t7-/m0/s1. The van der Waals surface area contributed by atoms with Crippen LogP contribution < -0.4 is 5.32 Å². The van der Waals surface area contributed by atoms with Gasteiger partial charge >= 0.3 is 0 Å². The van der Waals surface area contributed by atoms with Crippen LogP contribution in [0.4, 0.5) is 0 Å². The maximum atomic E-state index is 10.7. The highest BCUT2D eigenvalue weighted by Crippen LogP contribution is 2.10. The summed E-state index contributed by atoms with van der Waals surface area (Å²) in [6, 6.07) is 0.0532. The van der Waals surface area contributed by atoms with E-state index < -0.39 is 0 Å². The number of nitrogens with one attached hydrogen (secondary N) is 1. The van der Waals surface area contributed by atoms with Gasteiger partial charge in [-0.25, -0.2) is 0 Å². The van der Waals surface area contributed by atoms with Crippen molar-refractivity contribution in [3.63, 3.8) is 0 Å². The third-order valence-corrected chi connectivity index (χ3v) is 1.58. The maximum absolute atomic E-state index is 10.7. The van der Waals surface area contributed by atoms with Crippen molar-refractivity contribution in [2.75, 3.05) is 6.54 Å². The summed E-state index contributed by atoms with van der Waals surface area (Å²) in [5.74, 6) is 0.216. The van der Waals surface area contributed by atoms with Gasteiger partial charge in [0.1, 0.15) is 5.78 Å². The van der Waals surface area contributed by atoms with Gasteiger partial charge in [-0.05, 0) is 13.3 Å². The number of hydrogen-bond acceptors (Lipinski definition) is 2. The molecule has 0 aromatic rings. The van der Waals surface area contributed by atoms with Crippen molar-refractivity contribution in [1.29, 1.82) is 0 Å². The van der Waals surface area contributed by atoms with E-state index in [1.54, 1.807) is 6.92 Å². The molecule has 50 valence electrons. The second-order valence-electron chi connectivity index (χ2n) is 2.50. The summed E-state index contributed by atoms with van der Waals surface area (Å²) in [6.45, 7) is 6.19. The van der Waals surface area contributed by atoms with Crippen LogP contribution in [0.15, 0.2) is 12.2 Å². The molecule has 1 rings (SSSR count). The molecule has 0 bridgehead atoms. The monoisotopic (exact) mass is 125 g/mol. The average molecular weight is 125 g/mol. The lowest BCUT2D eigenvalue weighted by molar-refractivity contribution is -0.118. The van der Waals surface area contributed by atoms with Crippen LogP contribution in [0.25, 0.3) is 0 Å². The Bertz CT molecular complexity index is 151. The van der Waals surface area contributed by atoms with Crippen LogP contribution in [0.5, 0.6) is 0 Å². The molecule has 0 aromatic heterocycles. The van der Waals surface area contributed by atoms with E-state index >= 15 is 0 Å². The van der Waals surface area contributed by atoms with E-state index in [4.69, 9.17) is 0 Å². The Morgan fingerprint density at radius 3 is 2.78 bits per heavy atom. The molecule has 1 fully saturated rings. The van der Waals surface area contributed by atoms with Crippen LogP contribution in [0.2, 0.25) is 0 Å². The van der Waals surface area contributed by atoms with Gasteiger partial charge in [0.15, 0.2) is 0 Å². The fourth-order valence-corrected chi connectivity index (χ4v) is 0.988. The van der Waals surface area contributed by atoms with Crippen molar-refractivity contribution in [2.24, 2.45) is 0 Å². The van der Waals surface area contributed by atoms with E-state index in [9.17, 15) is 4.79 Å². The van der Waals surface area contributed by atoms with Crippen molar-refractivity contribution >= 4 is 5.78 Å². The summed E-state index contributed by atoms with van der Waals surface area (Å²) >= 11 is 0. The van der Waals surface area contributed by atoms with Crippen LogP contribution in [0.1, 0.15) is 13.3 Å². The van der Waals surface area contributed by atoms with Crippen LogP contribution >= 0.6 is 0 Å². The molecule has 1 aliphatic heterocycles. The normalized spacial score (nSPS) is 26.8. The number of carbonyl (C=O) groups is 1. The minimum absolute atomic E-state index is 0.0532. The highest BCUT2D eigenvalue weighted by atomic mass is 16.1. The van der Waals surface area contributed by atoms with Crippen LogP contribution in [-0.2, 0) is 4.79 Å². The number of carbonyl (C=O) groups excluding carboxylic acids is 1. The molecule has 9 heavy (non-hydrogen) atoms. The Labute approximate surface area is 54.9 Å². The fraction of sp³-hybridized carbons (Fsp3) is 0.571. The Kier molecular flexibility index (Phi) is 1.67. The first-order valence-electron chi connectivity index (χ1n) is 3.10. The molecule has 0 radical (unpaired) electrons. The lowest BCUT2D eigenvalue weighted by Gasteiger charge is -2.01. The molecule has 0 saturated carbocycles. The zero-order chi connectivity index (χ0) is 6.85. The van der Waals surface area contributed by atoms with Crippen LogP contribution in [0.3, 0.4) is 0 Å². The third kappa shape index (κ3) is 1.39. The fourth-order valence-electron chi connectivity index (χ4n) is 0.988. The summed E-state index contributed by atoms with van der Waals surface area (Å²) in [4.78, 5) is 10.7. The molecule has 1 saturated heterocycles. The first-order valence-corrected chi connectivity index (χ1v) is 3.10. The number of hydrogen-bond donors (Lipinski definition) is 1. The Morgan fingerprint density at radius 1 is 1.89 bits per heavy atom. The van der Waals surface area contributed by atoms with E-state index in [1.165, 1.54) is 0 Å². The molecule has 0 amide bonds. The van der Waals surface area contributed by atoms with E-state index in [-0.39, 0.29) is 11.8 Å². The van der Waals surface area contributed by atoms with Gasteiger partial charge in [0, 0.05) is 6.54 Å². The van der Waals surface area contributed by atoms with Crippen molar-refractivity contribution in [2.45, 2.75) is 19.4 Å². The molecule has 0 aromatic carbocycles. The minimum Gasteiger partial charge on any atom is -0.303 e. The Hall–Kier alpha value is -0.630. The van der Waals surface area contributed by atoms with Crippen molar-refractivity contribution in [3.05, 3.63) is 12.2 Å². The molecular formula is C7H11NO. The van der Waals surface area contributed by atoms with Gasteiger partial charge in [0.05, 0.1) is 6.04 Å². The summed E-state index contributed by atoms with van der Waals surface area (Å²) in [7, 11) is 0. The average Bonchev–Trinajstić information content (AvgIpc) is 2.14. The third-order valence-electron chi connectivity index (χ3n) is 1.58. The van der Waals surface area contributed by atoms with Gasteiger partial charge in [-0.15, -0.1) is 0 Å². The first kappa shape index (κ1) is 6.49.